The van der Waals surface area contributed by atoms with Crippen molar-refractivity contribution in [1.29, 1.82) is 0 Å². The van der Waals surface area contributed by atoms with Crippen LogP contribution in [-0.4, -0.2) is 51.8 Å². The van der Waals surface area contributed by atoms with Gasteiger partial charge in [0.1, 0.15) is 0 Å². The van der Waals surface area contributed by atoms with E-state index < -0.39 is 40.7 Å². The molecule has 4 unspecified atom stereocenters. The van der Waals surface area contributed by atoms with Gasteiger partial charge in [-0.2, -0.15) is 13.2 Å². The van der Waals surface area contributed by atoms with E-state index in [-0.39, 0.29) is 43.2 Å². The van der Waals surface area contributed by atoms with Gasteiger partial charge in [0.15, 0.2) is 5.78 Å². The Morgan fingerprint density at radius 3 is 2.49 bits per heavy atom. The zero-order valence-electron chi connectivity index (χ0n) is 30.6. The molecule has 0 spiro atoms. The number of rotatable bonds is 7. The molecule has 4 aromatic carbocycles. The third kappa shape index (κ3) is 8.06. The molecule has 1 fully saturated rings. The van der Waals surface area contributed by atoms with E-state index in [1.54, 1.807) is 17.9 Å². The number of amides is 1. The van der Waals surface area contributed by atoms with E-state index in [0.717, 1.165) is 34.0 Å². The fourth-order valence-corrected chi connectivity index (χ4v) is 8.54. The van der Waals surface area contributed by atoms with Crippen molar-refractivity contribution >= 4 is 22.6 Å². The number of carbonyl (C=O) groups excluding carboxylic acids is 2. The average Bonchev–Trinajstić information content (AvgIpc) is 3.38. The van der Waals surface area contributed by atoms with E-state index in [2.05, 4.69) is 6.08 Å². The fourth-order valence-electron chi connectivity index (χ4n) is 8.54. The molecular formula is C44H48F3NO5. The number of carbonyl (C=O) groups is 2. The van der Waals surface area contributed by atoms with Crippen LogP contribution in [0.5, 0.6) is 0 Å². The van der Waals surface area contributed by atoms with Crippen molar-refractivity contribution in [3.63, 3.8) is 0 Å². The zero-order chi connectivity index (χ0) is 38.0. The lowest BCUT2D eigenvalue weighted by Crippen LogP contribution is -2.53. The first-order valence-electron chi connectivity index (χ1n) is 18.5. The number of alkyl halides is 3. The van der Waals surface area contributed by atoms with Crippen LogP contribution >= 0.6 is 0 Å². The van der Waals surface area contributed by atoms with Crippen molar-refractivity contribution in [1.82, 2.24) is 4.90 Å². The van der Waals surface area contributed by atoms with E-state index in [1.165, 1.54) is 12.1 Å². The monoisotopic (exact) mass is 727 g/mol. The quantitative estimate of drug-likeness (QED) is 0.146. The molecule has 7 rings (SSSR count). The summed E-state index contributed by atoms with van der Waals surface area (Å²) in [6, 6.07) is 23.7. The van der Waals surface area contributed by atoms with Crippen LogP contribution < -0.4 is 0 Å². The van der Waals surface area contributed by atoms with Crippen LogP contribution in [0.15, 0.2) is 96.6 Å². The van der Waals surface area contributed by atoms with Gasteiger partial charge in [-0.3, -0.25) is 4.79 Å². The molecule has 3 aliphatic rings. The predicted molar refractivity (Wildman–Crippen MR) is 200 cm³/mol. The molecule has 0 saturated heterocycles. The van der Waals surface area contributed by atoms with Gasteiger partial charge in [0.2, 0.25) is 0 Å². The third-order valence-corrected chi connectivity index (χ3v) is 11.6. The number of ether oxygens (including phenoxy) is 1. The molecule has 1 saturated carbocycles. The molecule has 2 N–H and O–H groups in total. The van der Waals surface area contributed by atoms with Crippen molar-refractivity contribution in [3.8, 4) is 0 Å². The highest BCUT2D eigenvalue weighted by Crippen LogP contribution is 2.59. The molecule has 280 valence electrons. The van der Waals surface area contributed by atoms with Crippen LogP contribution in [0.1, 0.15) is 103 Å². The highest BCUT2D eigenvalue weighted by atomic mass is 19.4. The van der Waals surface area contributed by atoms with Crippen molar-refractivity contribution in [2.24, 2.45) is 5.41 Å². The van der Waals surface area contributed by atoms with E-state index in [9.17, 15) is 33.0 Å². The number of hydrogen-bond donors (Lipinski definition) is 2. The summed E-state index contributed by atoms with van der Waals surface area (Å²) < 4.78 is 46.8. The molecule has 0 aliphatic heterocycles. The number of aliphatic hydroxyl groups is 2. The van der Waals surface area contributed by atoms with Crippen LogP contribution in [0, 0.1) is 5.41 Å². The largest absolute Gasteiger partial charge is 0.450 e. The maximum atomic E-state index is 14.3. The number of hydrogen-bond acceptors (Lipinski definition) is 5. The van der Waals surface area contributed by atoms with Crippen molar-refractivity contribution < 1.29 is 37.7 Å². The summed E-state index contributed by atoms with van der Waals surface area (Å²) in [7, 11) is 0. The van der Waals surface area contributed by atoms with Crippen LogP contribution in [0.25, 0.3) is 10.8 Å². The Kier molecular flexibility index (Phi) is 11.2. The second-order valence-electron chi connectivity index (χ2n) is 15.0. The molecule has 3 aliphatic carbocycles. The van der Waals surface area contributed by atoms with Crippen LogP contribution in [0.3, 0.4) is 0 Å². The summed E-state index contributed by atoms with van der Waals surface area (Å²) in [4.78, 5) is 29.6. The van der Waals surface area contributed by atoms with Gasteiger partial charge in [-0.05, 0) is 110 Å². The van der Waals surface area contributed by atoms with Gasteiger partial charge in [-0.1, -0.05) is 85.3 Å². The topological polar surface area (TPSA) is 87.1 Å². The minimum absolute atomic E-state index is 0.0219. The van der Waals surface area contributed by atoms with E-state index in [4.69, 9.17) is 4.74 Å². The SMILES string of the molecule is CCOC(=O)N(Cc1cccc2ccccc12)CC1(O)CCC2c3ccc(cc3C(=O)c3cccc(C(F)(F)F)c3)CC(O)CCC(C)=CCCC21C. The smallest absolute Gasteiger partial charge is 0.416 e. The van der Waals surface area contributed by atoms with Gasteiger partial charge in [0, 0.05) is 23.1 Å². The van der Waals surface area contributed by atoms with Gasteiger partial charge in [0.05, 0.1) is 30.4 Å². The minimum Gasteiger partial charge on any atom is -0.450 e. The summed E-state index contributed by atoms with van der Waals surface area (Å²) >= 11 is 0. The molecule has 1 amide bonds. The predicted octanol–water partition coefficient (Wildman–Crippen LogP) is 9.79. The van der Waals surface area contributed by atoms with Gasteiger partial charge in [-0.15, -0.1) is 0 Å². The number of halogens is 3. The highest BCUT2D eigenvalue weighted by Gasteiger charge is 2.58. The lowest BCUT2D eigenvalue weighted by atomic mass is 9.64. The summed E-state index contributed by atoms with van der Waals surface area (Å²) in [5, 5.41) is 25.9. The molecule has 2 bridgehead atoms. The van der Waals surface area contributed by atoms with Crippen molar-refractivity contribution in [2.75, 3.05) is 13.2 Å². The van der Waals surface area contributed by atoms with Gasteiger partial charge < -0.3 is 19.8 Å². The molecule has 0 radical (unpaired) electrons. The molecular weight excluding hydrogens is 679 g/mol. The normalized spacial score (nSPS) is 23.6. The van der Waals surface area contributed by atoms with E-state index in [1.807, 2.05) is 68.4 Å². The summed E-state index contributed by atoms with van der Waals surface area (Å²) in [5.41, 5.74) is 0.351. The second-order valence-corrected chi connectivity index (χ2v) is 15.0. The number of aliphatic hydroxyl groups excluding tert-OH is 1. The Labute approximate surface area is 309 Å². The van der Waals surface area contributed by atoms with E-state index in [0.29, 0.717) is 49.7 Å². The fraction of sp³-hybridized carbons (Fsp3) is 0.409. The Balaban J connectivity index is 1.44. The highest BCUT2D eigenvalue weighted by molar-refractivity contribution is 6.10. The number of benzene rings is 4. The standard InChI is InChI=1S/C44H48F3NO5/c1-4-53-41(51)48(27-33-14-7-12-31-11-5-6-16-36(31)33)28-43(52)23-21-39-37-20-18-30(24-35(49)19-17-29(2)10-9-22-42(39,43)3)25-38(37)40(50)32-13-8-15-34(26-32)44(45,46)47/h5-8,10-16,18,20,25-26,35,39,49,52H,4,9,17,19,21-24,27-28H2,1-3H3. The van der Waals surface area contributed by atoms with Crippen molar-refractivity contribution in [3.05, 3.63) is 130 Å². The number of allylic oxidation sites excluding steroid dienone is 2. The molecule has 53 heavy (non-hydrogen) atoms. The van der Waals surface area contributed by atoms with Gasteiger partial charge in [0.25, 0.3) is 0 Å². The zero-order valence-corrected chi connectivity index (χ0v) is 30.6. The molecule has 9 heteroatoms. The first-order valence-corrected chi connectivity index (χ1v) is 18.5. The van der Waals surface area contributed by atoms with Crippen molar-refractivity contribution in [2.45, 2.75) is 96.1 Å². The van der Waals surface area contributed by atoms with Crippen LogP contribution in [-0.2, 0) is 23.9 Å². The number of nitrogens with zero attached hydrogens (tertiary/aromatic N) is 1. The first-order chi connectivity index (χ1) is 25.2. The minimum atomic E-state index is -4.62. The molecule has 0 aromatic heterocycles. The first kappa shape index (κ1) is 38.3. The van der Waals surface area contributed by atoms with Crippen LogP contribution in [0.2, 0.25) is 0 Å². The van der Waals surface area contributed by atoms with Gasteiger partial charge >= 0.3 is 12.3 Å². The number of fused-ring (bicyclic) bond motifs is 9. The second kappa shape index (κ2) is 15.5. The third-order valence-electron chi connectivity index (χ3n) is 11.6. The molecule has 4 atom stereocenters. The van der Waals surface area contributed by atoms with Crippen LogP contribution in [0.4, 0.5) is 18.0 Å². The number of ketones is 1. The maximum Gasteiger partial charge on any atom is 0.416 e. The Morgan fingerprint density at radius 1 is 0.962 bits per heavy atom. The molecule has 4 aromatic rings. The summed E-state index contributed by atoms with van der Waals surface area (Å²) in [6.45, 7) is 6.14. The summed E-state index contributed by atoms with van der Waals surface area (Å²) in [6.07, 6.45) is -0.322. The summed E-state index contributed by atoms with van der Waals surface area (Å²) in [5.74, 6) is -0.929. The maximum absolute atomic E-state index is 14.3. The lowest BCUT2D eigenvalue weighted by Gasteiger charge is -2.46. The average molecular weight is 728 g/mol. The van der Waals surface area contributed by atoms with Gasteiger partial charge in [-0.25, -0.2) is 4.79 Å². The molecule has 6 nitrogen and oxygen atoms in total. The lowest BCUT2D eigenvalue weighted by molar-refractivity contribution is -0.137. The van der Waals surface area contributed by atoms with E-state index >= 15 is 0 Å². The molecule has 0 heterocycles. The Morgan fingerprint density at radius 2 is 1.72 bits per heavy atom. The Bertz CT molecular complexity index is 2000. The Hall–Kier alpha value is -4.47.